The van der Waals surface area contributed by atoms with Gasteiger partial charge >= 0.3 is 0 Å². The fourth-order valence-electron chi connectivity index (χ4n) is 1.97. The van der Waals surface area contributed by atoms with E-state index in [4.69, 9.17) is 44.8 Å². The number of carbonyl (C=O) groups is 1. The van der Waals surface area contributed by atoms with E-state index < -0.39 is 0 Å². The minimum absolute atomic E-state index is 0.140. The Morgan fingerprint density at radius 2 is 1.83 bits per heavy atom. The number of halogens is 3. The smallest absolute Gasteiger partial charge is 0.234 e. The van der Waals surface area contributed by atoms with Crippen molar-refractivity contribution in [2.45, 2.75) is 19.6 Å². The Labute approximate surface area is 154 Å². The minimum Gasteiger partial charge on any atom is -0.488 e. The molecule has 0 saturated heterocycles. The maximum atomic E-state index is 11.4. The highest BCUT2D eigenvalue weighted by molar-refractivity contribution is 6.44. The number of carbonyl (C=O) groups excluding carboxylic acids is 1. The van der Waals surface area contributed by atoms with E-state index in [0.29, 0.717) is 26.4 Å². The van der Waals surface area contributed by atoms with E-state index in [1.54, 1.807) is 24.3 Å². The SMILES string of the molecule is N#CCC(=O)NCc1ccccc1OCc1c(Cl)ccc(Cl)c1Cl. The highest BCUT2D eigenvalue weighted by Gasteiger charge is 2.12. The second-order valence-corrected chi connectivity index (χ2v) is 6.02. The summed E-state index contributed by atoms with van der Waals surface area (Å²) in [5.74, 6) is 0.245. The molecule has 0 saturated carbocycles. The second kappa shape index (κ2) is 8.79. The summed E-state index contributed by atoms with van der Waals surface area (Å²) >= 11 is 18.3. The number of nitrogens with one attached hydrogen (secondary N) is 1. The van der Waals surface area contributed by atoms with Crippen LogP contribution < -0.4 is 10.1 Å². The highest BCUT2D eigenvalue weighted by Crippen LogP contribution is 2.32. The van der Waals surface area contributed by atoms with Crippen molar-refractivity contribution in [3.63, 3.8) is 0 Å². The molecule has 0 heterocycles. The van der Waals surface area contributed by atoms with Crippen molar-refractivity contribution in [1.82, 2.24) is 5.32 Å². The molecule has 2 rings (SSSR count). The first-order chi connectivity index (χ1) is 11.5. The molecule has 0 spiro atoms. The monoisotopic (exact) mass is 382 g/mol. The number of rotatable bonds is 6. The van der Waals surface area contributed by atoms with E-state index in [0.717, 1.165) is 5.56 Å². The van der Waals surface area contributed by atoms with E-state index in [1.807, 2.05) is 18.2 Å². The number of para-hydroxylation sites is 1. The van der Waals surface area contributed by atoms with Gasteiger partial charge < -0.3 is 10.1 Å². The standard InChI is InChI=1S/C17H13Cl3N2O2/c18-13-5-6-14(19)17(20)12(13)10-24-15-4-2-1-3-11(15)9-22-16(23)7-8-21/h1-6H,7,9-10H2,(H,22,23). The van der Waals surface area contributed by atoms with E-state index in [1.165, 1.54) is 0 Å². The van der Waals surface area contributed by atoms with Gasteiger partial charge in [0.1, 0.15) is 18.8 Å². The summed E-state index contributed by atoms with van der Waals surface area (Å²) in [6, 6.07) is 12.3. The third kappa shape index (κ3) is 4.78. The molecule has 124 valence electrons. The number of amides is 1. The molecule has 0 atom stereocenters. The van der Waals surface area contributed by atoms with Gasteiger partial charge in [-0.25, -0.2) is 0 Å². The van der Waals surface area contributed by atoms with Crippen LogP contribution in [0.25, 0.3) is 0 Å². The van der Waals surface area contributed by atoms with Gasteiger partial charge in [-0.15, -0.1) is 0 Å². The Balaban J connectivity index is 2.10. The zero-order valence-electron chi connectivity index (χ0n) is 12.5. The van der Waals surface area contributed by atoms with E-state index in [-0.39, 0.29) is 25.5 Å². The van der Waals surface area contributed by atoms with Crippen molar-refractivity contribution < 1.29 is 9.53 Å². The molecule has 0 aliphatic rings. The lowest BCUT2D eigenvalue weighted by molar-refractivity contribution is -0.120. The first-order valence-corrected chi connectivity index (χ1v) is 8.13. The molecule has 0 bridgehead atoms. The molecule has 0 radical (unpaired) electrons. The van der Waals surface area contributed by atoms with Crippen LogP contribution in [-0.2, 0) is 17.9 Å². The average Bonchev–Trinajstić information content (AvgIpc) is 2.57. The van der Waals surface area contributed by atoms with Crippen LogP contribution >= 0.6 is 34.8 Å². The van der Waals surface area contributed by atoms with Gasteiger partial charge in [0.2, 0.25) is 5.91 Å². The topological polar surface area (TPSA) is 62.1 Å². The fourth-order valence-corrected chi connectivity index (χ4v) is 2.63. The Morgan fingerprint density at radius 1 is 1.12 bits per heavy atom. The van der Waals surface area contributed by atoms with E-state index >= 15 is 0 Å². The van der Waals surface area contributed by atoms with Crippen LogP contribution in [0.2, 0.25) is 15.1 Å². The van der Waals surface area contributed by atoms with Gasteiger partial charge in [-0.2, -0.15) is 5.26 Å². The third-order valence-corrected chi connectivity index (χ3v) is 4.40. The largest absolute Gasteiger partial charge is 0.488 e. The molecule has 2 aromatic rings. The van der Waals surface area contributed by atoms with Crippen molar-refractivity contribution in [2.24, 2.45) is 0 Å². The molecule has 2 aromatic carbocycles. The number of ether oxygens (including phenoxy) is 1. The first-order valence-electron chi connectivity index (χ1n) is 6.99. The zero-order chi connectivity index (χ0) is 17.5. The van der Waals surface area contributed by atoms with Gasteiger partial charge in [0, 0.05) is 22.7 Å². The lowest BCUT2D eigenvalue weighted by Gasteiger charge is -2.14. The van der Waals surface area contributed by atoms with Crippen LogP contribution in [0.1, 0.15) is 17.5 Å². The maximum Gasteiger partial charge on any atom is 0.234 e. The van der Waals surface area contributed by atoms with Gasteiger partial charge in [0.15, 0.2) is 0 Å². The second-order valence-electron chi connectivity index (χ2n) is 4.83. The molecule has 0 fully saturated rings. The van der Waals surface area contributed by atoms with Crippen LogP contribution in [-0.4, -0.2) is 5.91 Å². The van der Waals surface area contributed by atoms with E-state index in [9.17, 15) is 4.79 Å². The quantitative estimate of drug-likeness (QED) is 0.732. The summed E-state index contributed by atoms with van der Waals surface area (Å²) in [7, 11) is 0. The third-order valence-electron chi connectivity index (χ3n) is 3.20. The molecule has 24 heavy (non-hydrogen) atoms. The summed E-state index contributed by atoms with van der Waals surface area (Å²) < 4.78 is 5.79. The van der Waals surface area contributed by atoms with Crippen molar-refractivity contribution >= 4 is 40.7 Å². The van der Waals surface area contributed by atoms with Crippen LogP contribution in [0.3, 0.4) is 0 Å². The van der Waals surface area contributed by atoms with Crippen molar-refractivity contribution in [1.29, 1.82) is 5.26 Å². The van der Waals surface area contributed by atoms with E-state index in [2.05, 4.69) is 5.32 Å². The normalized spacial score (nSPS) is 10.1. The van der Waals surface area contributed by atoms with Gasteiger partial charge in [-0.3, -0.25) is 4.79 Å². The summed E-state index contributed by atoms with van der Waals surface area (Å²) in [5.41, 5.74) is 1.37. The number of benzene rings is 2. The van der Waals surface area contributed by atoms with Gasteiger partial charge in [-0.1, -0.05) is 53.0 Å². The van der Waals surface area contributed by atoms with Gasteiger partial charge in [0.25, 0.3) is 0 Å². The molecule has 1 N–H and O–H groups in total. The van der Waals surface area contributed by atoms with Crippen molar-refractivity contribution in [3.8, 4) is 11.8 Å². The molecular formula is C17H13Cl3N2O2. The maximum absolute atomic E-state index is 11.4. The van der Waals surface area contributed by atoms with Crippen molar-refractivity contribution in [2.75, 3.05) is 0 Å². The zero-order valence-corrected chi connectivity index (χ0v) is 14.8. The Kier molecular flexibility index (Phi) is 6.74. The first kappa shape index (κ1) is 18.4. The van der Waals surface area contributed by atoms with Crippen LogP contribution in [0.4, 0.5) is 0 Å². The molecule has 0 aromatic heterocycles. The summed E-state index contributed by atoms with van der Waals surface area (Å²) in [4.78, 5) is 11.4. The average molecular weight is 384 g/mol. The Bertz CT molecular complexity index is 788. The lowest BCUT2D eigenvalue weighted by atomic mass is 10.2. The molecule has 1 amide bonds. The van der Waals surface area contributed by atoms with Crippen molar-refractivity contribution in [3.05, 3.63) is 62.6 Å². The molecule has 0 aliphatic carbocycles. The number of nitriles is 1. The minimum atomic E-state index is -0.340. The molecule has 0 aliphatic heterocycles. The number of nitrogens with zero attached hydrogens (tertiary/aromatic N) is 1. The summed E-state index contributed by atoms with van der Waals surface area (Å²) in [6.45, 7) is 0.398. The highest BCUT2D eigenvalue weighted by atomic mass is 35.5. The van der Waals surface area contributed by atoms with Crippen LogP contribution in [0.5, 0.6) is 5.75 Å². The molecule has 7 heteroatoms. The number of hydrogen-bond acceptors (Lipinski definition) is 3. The summed E-state index contributed by atoms with van der Waals surface area (Å²) in [5, 5.41) is 12.4. The van der Waals surface area contributed by atoms with Crippen LogP contribution in [0.15, 0.2) is 36.4 Å². The molecular weight excluding hydrogens is 371 g/mol. The number of hydrogen-bond donors (Lipinski definition) is 1. The Hall–Kier alpha value is -1.93. The van der Waals surface area contributed by atoms with Crippen LogP contribution in [0, 0.1) is 11.3 Å². The summed E-state index contributed by atoms with van der Waals surface area (Å²) in [6.07, 6.45) is -0.184. The Morgan fingerprint density at radius 3 is 2.58 bits per heavy atom. The molecule has 0 unspecified atom stereocenters. The predicted octanol–water partition coefficient (Wildman–Crippen LogP) is 4.76. The lowest BCUT2D eigenvalue weighted by Crippen LogP contribution is -2.22. The molecule has 4 nitrogen and oxygen atoms in total. The predicted molar refractivity (Wildman–Crippen MR) is 94.3 cm³/mol. The fraction of sp³-hybridized carbons (Fsp3) is 0.176. The van der Waals surface area contributed by atoms with Gasteiger partial charge in [-0.05, 0) is 18.2 Å². The van der Waals surface area contributed by atoms with Gasteiger partial charge in [0.05, 0.1) is 16.1 Å².